The van der Waals surface area contributed by atoms with Crippen LogP contribution in [0.5, 0.6) is 0 Å². The largest absolute Gasteiger partial charge is 0.467 e. The minimum Gasteiger partial charge on any atom is -0.467 e. The molecule has 4 rings (SSSR count). The Morgan fingerprint density at radius 1 is 1.09 bits per heavy atom. The van der Waals surface area contributed by atoms with Gasteiger partial charge in [0.25, 0.3) is 0 Å². The van der Waals surface area contributed by atoms with Crippen LogP contribution in [0.4, 0.5) is 0 Å². The van der Waals surface area contributed by atoms with Crippen molar-refractivity contribution >= 4 is 11.9 Å². The lowest BCUT2D eigenvalue weighted by atomic mass is 9.49. The number of methoxy groups -OCH3 is 1. The first kappa shape index (κ1) is 15.8. The highest BCUT2D eigenvalue weighted by Gasteiger charge is 2.56. The van der Waals surface area contributed by atoms with Gasteiger partial charge in [-0.25, -0.2) is 4.79 Å². The lowest BCUT2D eigenvalue weighted by Gasteiger charge is -2.59. The molecule has 0 amide bonds. The smallest absolute Gasteiger partial charge is 0.331 e. The first-order chi connectivity index (χ1) is 10.5. The Kier molecular flexibility index (Phi) is 4.44. The second-order valence-corrected chi connectivity index (χ2v) is 7.34. The SMILES string of the molecule is CCC(=O)OCC12CC3CC(C1)C(OCC(=O)OC)C(C3)C2. The van der Waals surface area contributed by atoms with Crippen molar-refractivity contribution in [1.82, 2.24) is 0 Å². The van der Waals surface area contributed by atoms with E-state index < -0.39 is 0 Å². The van der Waals surface area contributed by atoms with E-state index in [2.05, 4.69) is 4.74 Å². The molecule has 124 valence electrons. The molecule has 4 aliphatic carbocycles. The average molecular weight is 310 g/mol. The third-order valence-corrected chi connectivity index (χ3v) is 5.76. The van der Waals surface area contributed by atoms with Crippen molar-refractivity contribution in [1.29, 1.82) is 0 Å². The summed E-state index contributed by atoms with van der Waals surface area (Å²) >= 11 is 0. The van der Waals surface area contributed by atoms with Gasteiger partial charge in [0.1, 0.15) is 6.61 Å². The van der Waals surface area contributed by atoms with Gasteiger partial charge in [0.2, 0.25) is 0 Å². The van der Waals surface area contributed by atoms with Crippen LogP contribution < -0.4 is 0 Å². The fourth-order valence-corrected chi connectivity index (χ4v) is 5.15. The van der Waals surface area contributed by atoms with E-state index >= 15 is 0 Å². The number of hydrogen-bond donors (Lipinski definition) is 0. The first-order valence-electron chi connectivity index (χ1n) is 8.39. The molecule has 2 unspecified atom stereocenters. The Bertz CT molecular complexity index is 430. The molecule has 0 aliphatic heterocycles. The zero-order valence-electron chi connectivity index (χ0n) is 13.5. The van der Waals surface area contributed by atoms with Crippen LogP contribution >= 0.6 is 0 Å². The number of rotatable bonds is 6. The molecule has 0 aromatic rings. The predicted molar refractivity (Wildman–Crippen MR) is 79.0 cm³/mol. The number of carbonyl (C=O) groups excluding carboxylic acids is 2. The number of ether oxygens (including phenoxy) is 3. The van der Waals surface area contributed by atoms with Crippen molar-refractivity contribution in [2.45, 2.75) is 51.6 Å². The number of esters is 2. The molecule has 0 aromatic carbocycles. The monoisotopic (exact) mass is 310 g/mol. The first-order valence-corrected chi connectivity index (χ1v) is 8.39. The van der Waals surface area contributed by atoms with Crippen LogP contribution in [0.25, 0.3) is 0 Å². The molecule has 4 aliphatic rings. The minimum atomic E-state index is -0.305. The molecule has 5 nitrogen and oxygen atoms in total. The summed E-state index contributed by atoms with van der Waals surface area (Å²) in [5.41, 5.74) is 0.159. The molecular formula is C17H26O5. The Morgan fingerprint density at radius 3 is 2.36 bits per heavy atom. The summed E-state index contributed by atoms with van der Waals surface area (Å²) in [6, 6.07) is 0. The molecule has 0 heterocycles. The molecule has 2 atom stereocenters. The maximum absolute atomic E-state index is 11.5. The third kappa shape index (κ3) is 3.00. The topological polar surface area (TPSA) is 61.8 Å². The molecule has 5 heteroatoms. The van der Waals surface area contributed by atoms with Crippen LogP contribution in [0.1, 0.15) is 45.4 Å². The standard InChI is InChI=1S/C17H26O5/c1-3-14(18)22-10-17-6-11-4-12(7-17)16(13(5-11)8-17)21-9-15(19)20-2/h11-13,16H,3-10H2,1-2H3. The molecule has 22 heavy (non-hydrogen) atoms. The summed E-state index contributed by atoms with van der Waals surface area (Å²) < 4.78 is 16.0. The van der Waals surface area contributed by atoms with E-state index in [9.17, 15) is 9.59 Å². The van der Waals surface area contributed by atoms with Gasteiger partial charge in [0.05, 0.1) is 19.8 Å². The molecule has 0 spiro atoms. The highest BCUT2D eigenvalue weighted by atomic mass is 16.6. The molecule has 0 radical (unpaired) electrons. The zero-order chi connectivity index (χ0) is 15.7. The number of hydrogen-bond acceptors (Lipinski definition) is 5. The summed E-state index contributed by atoms with van der Waals surface area (Å²) in [5, 5.41) is 0. The summed E-state index contributed by atoms with van der Waals surface area (Å²) in [4.78, 5) is 22.8. The van der Waals surface area contributed by atoms with Gasteiger partial charge in [0, 0.05) is 11.8 Å². The molecule has 4 fully saturated rings. The Balaban J connectivity index is 1.62. The van der Waals surface area contributed by atoms with Crippen LogP contribution in [0.2, 0.25) is 0 Å². The van der Waals surface area contributed by atoms with Gasteiger partial charge < -0.3 is 14.2 Å². The molecule has 0 saturated heterocycles. The highest BCUT2D eigenvalue weighted by Crippen LogP contribution is 2.60. The second-order valence-electron chi connectivity index (χ2n) is 7.34. The minimum absolute atomic E-state index is 0.0522. The van der Waals surface area contributed by atoms with Gasteiger partial charge in [-0.3, -0.25) is 4.79 Å². The highest BCUT2D eigenvalue weighted by molar-refractivity contribution is 5.70. The van der Waals surface area contributed by atoms with E-state index in [0.717, 1.165) is 18.8 Å². The van der Waals surface area contributed by atoms with Crippen LogP contribution in [-0.4, -0.2) is 38.4 Å². The molecule has 0 N–H and O–H groups in total. The summed E-state index contributed by atoms with van der Waals surface area (Å²) in [6.45, 7) is 2.45. The van der Waals surface area contributed by atoms with Crippen LogP contribution in [0.15, 0.2) is 0 Å². The average Bonchev–Trinajstić information content (AvgIpc) is 2.51. The molecule has 0 aromatic heterocycles. The number of carbonyl (C=O) groups is 2. The molecule has 4 saturated carbocycles. The van der Waals surface area contributed by atoms with Crippen molar-refractivity contribution in [2.24, 2.45) is 23.2 Å². The fraction of sp³-hybridized carbons (Fsp3) is 0.882. The Hall–Kier alpha value is -1.10. The van der Waals surface area contributed by atoms with Crippen molar-refractivity contribution in [3.05, 3.63) is 0 Å². The quantitative estimate of drug-likeness (QED) is 0.705. The van der Waals surface area contributed by atoms with Crippen molar-refractivity contribution < 1.29 is 23.8 Å². The summed E-state index contributed by atoms with van der Waals surface area (Å²) in [6.07, 6.45) is 6.28. The summed E-state index contributed by atoms with van der Waals surface area (Å²) in [5.74, 6) is 1.32. The van der Waals surface area contributed by atoms with Crippen molar-refractivity contribution in [3.8, 4) is 0 Å². The van der Waals surface area contributed by atoms with E-state index in [0.29, 0.717) is 24.9 Å². The van der Waals surface area contributed by atoms with Gasteiger partial charge in [0.15, 0.2) is 0 Å². The van der Waals surface area contributed by atoms with Crippen LogP contribution in [0.3, 0.4) is 0 Å². The van der Waals surface area contributed by atoms with Gasteiger partial charge in [-0.05, 0) is 49.9 Å². The Morgan fingerprint density at radius 2 is 1.77 bits per heavy atom. The van der Waals surface area contributed by atoms with Gasteiger partial charge in [-0.2, -0.15) is 0 Å². The van der Waals surface area contributed by atoms with E-state index in [-0.39, 0.29) is 30.1 Å². The second kappa shape index (κ2) is 6.19. The zero-order valence-corrected chi connectivity index (χ0v) is 13.5. The maximum Gasteiger partial charge on any atom is 0.331 e. The predicted octanol–water partition coefficient (Wildman–Crippen LogP) is 2.32. The van der Waals surface area contributed by atoms with Crippen LogP contribution in [-0.2, 0) is 23.8 Å². The normalized spacial score (nSPS) is 38.8. The fourth-order valence-electron chi connectivity index (χ4n) is 5.15. The van der Waals surface area contributed by atoms with E-state index in [4.69, 9.17) is 9.47 Å². The maximum atomic E-state index is 11.5. The van der Waals surface area contributed by atoms with Gasteiger partial charge in [-0.1, -0.05) is 6.92 Å². The Labute approximate surface area is 131 Å². The van der Waals surface area contributed by atoms with Crippen molar-refractivity contribution in [3.63, 3.8) is 0 Å². The van der Waals surface area contributed by atoms with Crippen molar-refractivity contribution in [2.75, 3.05) is 20.3 Å². The lowest BCUT2D eigenvalue weighted by molar-refractivity contribution is -0.187. The third-order valence-electron chi connectivity index (χ3n) is 5.76. The van der Waals surface area contributed by atoms with E-state index in [1.807, 2.05) is 6.92 Å². The molecule has 4 bridgehead atoms. The van der Waals surface area contributed by atoms with E-state index in [1.54, 1.807) is 0 Å². The lowest BCUT2D eigenvalue weighted by Crippen LogP contribution is -2.56. The van der Waals surface area contributed by atoms with E-state index in [1.165, 1.54) is 26.4 Å². The van der Waals surface area contributed by atoms with Gasteiger partial charge in [-0.15, -0.1) is 0 Å². The van der Waals surface area contributed by atoms with Gasteiger partial charge >= 0.3 is 11.9 Å². The summed E-state index contributed by atoms with van der Waals surface area (Å²) in [7, 11) is 1.39. The molecular weight excluding hydrogens is 284 g/mol. The van der Waals surface area contributed by atoms with Crippen LogP contribution in [0, 0.1) is 23.2 Å².